The highest BCUT2D eigenvalue weighted by molar-refractivity contribution is 7.99. The molecule has 0 bridgehead atoms. The van der Waals surface area contributed by atoms with Crippen LogP contribution in [0.2, 0.25) is 0 Å². The number of aryl methyl sites for hydroxylation is 2. The quantitative estimate of drug-likeness (QED) is 0.555. The number of sulfonamides is 1. The predicted molar refractivity (Wildman–Crippen MR) is 112 cm³/mol. The maximum Gasteiger partial charge on any atom is 0.264 e. The van der Waals surface area contributed by atoms with E-state index in [9.17, 15) is 13.2 Å². The van der Waals surface area contributed by atoms with Gasteiger partial charge in [0.1, 0.15) is 0 Å². The summed E-state index contributed by atoms with van der Waals surface area (Å²) in [6, 6.07) is 13.1. The Kier molecular flexibility index (Phi) is 6.45. The van der Waals surface area contributed by atoms with Gasteiger partial charge < -0.3 is 5.32 Å². The minimum Gasteiger partial charge on any atom is -0.325 e. The second-order valence-electron chi connectivity index (χ2n) is 6.11. The molecule has 0 aliphatic rings. The van der Waals surface area contributed by atoms with Gasteiger partial charge in [0.15, 0.2) is 0 Å². The number of thioether (sulfide) groups is 1. The molecule has 0 aliphatic heterocycles. The number of carbonyl (C=O) groups is 1. The van der Waals surface area contributed by atoms with Crippen LogP contribution in [0.3, 0.4) is 0 Å². The molecule has 3 aromatic rings. The van der Waals surface area contributed by atoms with Crippen LogP contribution in [0.25, 0.3) is 0 Å². The lowest BCUT2D eigenvalue weighted by Crippen LogP contribution is -2.16. The summed E-state index contributed by atoms with van der Waals surface area (Å²) in [6.45, 7) is 3.52. The summed E-state index contributed by atoms with van der Waals surface area (Å²) >= 11 is 1.32. The van der Waals surface area contributed by atoms with Gasteiger partial charge in [0.25, 0.3) is 10.0 Å². The number of nitrogens with zero attached hydrogens (tertiary/aromatic N) is 3. The van der Waals surface area contributed by atoms with Crippen LogP contribution in [0.15, 0.2) is 64.6 Å². The highest BCUT2D eigenvalue weighted by Crippen LogP contribution is 2.18. The van der Waals surface area contributed by atoms with Gasteiger partial charge in [0.05, 0.1) is 15.7 Å². The summed E-state index contributed by atoms with van der Waals surface area (Å²) < 4.78 is 27.4. The van der Waals surface area contributed by atoms with Crippen LogP contribution in [0.4, 0.5) is 11.6 Å². The van der Waals surface area contributed by atoms with Crippen molar-refractivity contribution in [2.24, 2.45) is 0 Å². The number of aromatic nitrogens is 3. The molecule has 1 amide bonds. The molecule has 0 atom stereocenters. The van der Waals surface area contributed by atoms with Crippen LogP contribution >= 0.6 is 11.8 Å². The number of amides is 1. The third-order valence-electron chi connectivity index (χ3n) is 3.65. The Hall–Kier alpha value is -2.98. The molecular formula is C19H19N5O3S2. The van der Waals surface area contributed by atoms with E-state index >= 15 is 0 Å². The number of anilines is 2. The second kappa shape index (κ2) is 9.01. The average molecular weight is 430 g/mol. The van der Waals surface area contributed by atoms with E-state index in [1.807, 2.05) is 12.1 Å². The van der Waals surface area contributed by atoms with E-state index in [0.717, 1.165) is 5.03 Å². The average Bonchev–Trinajstić information content (AvgIpc) is 2.66. The van der Waals surface area contributed by atoms with Gasteiger partial charge in [-0.1, -0.05) is 17.8 Å². The van der Waals surface area contributed by atoms with Crippen molar-refractivity contribution < 1.29 is 13.2 Å². The Balaban J connectivity index is 1.62. The van der Waals surface area contributed by atoms with Crippen molar-refractivity contribution in [3.63, 3.8) is 0 Å². The minimum atomic E-state index is -3.84. The highest BCUT2D eigenvalue weighted by atomic mass is 32.2. The maximum atomic E-state index is 12.5. The fourth-order valence-corrected chi connectivity index (χ4v) is 4.04. The largest absolute Gasteiger partial charge is 0.325 e. The molecule has 0 spiro atoms. The minimum absolute atomic E-state index is 0.0198. The van der Waals surface area contributed by atoms with Gasteiger partial charge in [0.2, 0.25) is 11.9 Å². The monoisotopic (exact) mass is 429 g/mol. The molecule has 0 aliphatic carbocycles. The normalized spacial score (nSPS) is 11.1. The van der Waals surface area contributed by atoms with Gasteiger partial charge >= 0.3 is 0 Å². The van der Waals surface area contributed by atoms with E-state index in [0.29, 0.717) is 17.1 Å². The van der Waals surface area contributed by atoms with Crippen molar-refractivity contribution in [1.82, 2.24) is 15.0 Å². The first-order valence-corrected chi connectivity index (χ1v) is 11.1. The Morgan fingerprint density at radius 2 is 1.72 bits per heavy atom. The number of rotatable bonds is 7. The number of pyridine rings is 1. The van der Waals surface area contributed by atoms with Crippen molar-refractivity contribution in [2.75, 3.05) is 15.8 Å². The van der Waals surface area contributed by atoms with Crippen LogP contribution in [0, 0.1) is 13.8 Å². The Labute approximate surface area is 173 Å². The van der Waals surface area contributed by atoms with Gasteiger partial charge in [-0.25, -0.2) is 28.1 Å². The fraction of sp³-hybridized carbons (Fsp3) is 0.158. The first-order chi connectivity index (χ1) is 13.8. The molecule has 0 saturated heterocycles. The van der Waals surface area contributed by atoms with Crippen LogP contribution < -0.4 is 10.0 Å². The third-order valence-corrected chi connectivity index (χ3v) is 5.93. The summed E-state index contributed by atoms with van der Waals surface area (Å²) in [6.07, 6.45) is 1.66. The first-order valence-electron chi connectivity index (χ1n) is 8.61. The zero-order valence-corrected chi connectivity index (χ0v) is 17.4. The van der Waals surface area contributed by atoms with Crippen molar-refractivity contribution >= 4 is 39.3 Å². The molecule has 0 saturated carbocycles. The standard InChI is InChI=1S/C19H19N5O3S2/c1-13-11-14(2)22-19(21-13)24-29(26,27)16-8-6-15(7-9-16)23-17(25)12-28-18-5-3-4-10-20-18/h3-11H,12H2,1-2H3,(H,23,25)(H,21,22,24). The predicted octanol–water partition coefficient (Wildman–Crippen LogP) is 3.02. The molecule has 150 valence electrons. The van der Waals surface area contributed by atoms with Gasteiger partial charge in [-0.05, 0) is 56.3 Å². The number of carbonyl (C=O) groups excluding carboxylic acids is 1. The second-order valence-corrected chi connectivity index (χ2v) is 8.79. The summed E-state index contributed by atoms with van der Waals surface area (Å²) in [5.74, 6) is 0.00676. The number of hydrogen-bond donors (Lipinski definition) is 2. The van der Waals surface area contributed by atoms with E-state index in [2.05, 4.69) is 25.0 Å². The van der Waals surface area contributed by atoms with Crippen molar-refractivity contribution in [3.05, 3.63) is 66.1 Å². The van der Waals surface area contributed by atoms with E-state index in [1.165, 1.54) is 36.0 Å². The van der Waals surface area contributed by atoms with Gasteiger partial charge in [-0.15, -0.1) is 0 Å². The van der Waals surface area contributed by atoms with Crippen molar-refractivity contribution in [3.8, 4) is 0 Å². The molecule has 2 N–H and O–H groups in total. The fourth-order valence-electron chi connectivity index (χ4n) is 2.44. The van der Waals surface area contributed by atoms with Crippen LogP contribution in [0.5, 0.6) is 0 Å². The summed E-state index contributed by atoms with van der Waals surface area (Å²) in [5.41, 5.74) is 1.83. The smallest absolute Gasteiger partial charge is 0.264 e. The lowest BCUT2D eigenvalue weighted by atomic mass is 10.3. The summed E-state index contributed by atoms with van der Waals surface area (Å²) in [5, 5.41) is 3.48. The van der Waals surface area contributed by atoms with E-state index in [4.69, 9.17) is 0 Å². The van der Waals surface area contributed by atoms with Crippen molar-refractivity contribution in [1.29, 1.82) is 0 Å². The van der Waals surface area contributed by atoms with Gasteiger partial charge in [-0.3, -0.25) is 4.79 Å². The van der Waals surface area contributed by atoms with Gasteiger partial charge in [-0.2, -0.15) is 0 Å². The Morgan fingerprint density at radius 3 is 2.34 bits per heavy atom. The molecule has 2 heterocycles. The summed E-state index contributed by atoms with van der Waals surface area (Å²) in [7, 11) is -3.84. The molecular weight excluding hydrogens is 410 g/mol. The van der Waals surface area contributed by atoms with Crippen LogP contribution in [-0.4, -0.2) is 35.0 Å². The van der Waals surface area contributed by atoms with Crippen LogP contribution in [-0.2, 0) is 14.8 Å². The van der Waals surface area contributed by atoms with E-state index < -0.39 is 10.0 Å². The zero-order chi connectivity index (χ0) is 20.9. The molecule has 2 aromatic heterocycles. The molecule has 29 heavy (non-hydrogen) atoms. The summed E-state index contributed by atoms with van der Waals surface area (Å²) in [4.78, 5) is 24.4. The Morgan fingerprint density at radius 1 is 1.03 bits per heavy atom. The number of benzene rings is 1. The zero-order valence-electron chi connectivity index (χ0n) is 15.8. The lowest BCUT2D eigenvalue weighted by Gasteiger charge is -2.09. The van der Waals surface area contributed by atoms with E-state index in [-0.39, 0.29) is 22.5 Å². The maximum absolute atomic E-state index is 12.5. The lowest BCUT2D eigenvalue weighted by molar-refractivity contribution is -0.113. The first kappa shape index (κ1) is 20.7. The molecule has 0 radical (unpaired) electrons. The topological polar surface area (TPSA) is 114 Å². The molecule has 3 rings (SSSR count). The number of nitrogens with one attached hydrogen (secondary N) is 2. The van der Waals surface area contributed by atoms with Crippen molar-refractivity contribution in [2.45, 2.75) is 23.8 Å². The SMILES string of the molecule is Cc1cc(C)nc(NS(=O)(=O)c2ccc(NC(=O)CSc3ccccn3)cc2)n1. The molecule has 0 unspecified atom stereocenters. The number of hydrogen-bond acceptors (Lipinski definition) is 7. The molecule has 0 fully saturated rings. The molecule has 1 aromatic carbocycles. The van der Waals surface area contributed by atoms with E-state index in [1.54, 1.807) is 32.2 Å². The molecule has 10 heteroatoms. The third kappa shape index (κ3) is 6.00. The Bertz CT molecular complexity index is 1080. The molecule has 8 nitrogen and oxygen atoms in total. The van der Waals surface area contributed by atoms with Gasteiger partial charge in [0, 0.05) is 23.3 Å². The van der Waals surface area contributed by atoms with Crippen LogP contribution in [0.1, 0.15) is 11.4 Å². The highest BCUT2D eigenvalue weighted by Gasteiger charge is 2.16.